The molecule has 2 aromatic carbocycles. The van der Waals surface area contributed by atoms with Crippen LogP contribution in [0, 0.1) is 6.92 Å². The molecule has 0 aliphatic rings. The Bertz CT molecular complexity index is 983. The van der Waals surface area contributed by atoms with Crippen LogP contribution in [0.15, 0.2) is 64.1 Å². The van der Waals surface area contributed by atoms with Gasteiger partial charge in [0.2, 0.25) is 0 Å². The summed E-state index contributed by atoms with van der Waals surface area (Å²) in [5, 5.41) is 5.10. The lowest BCUT2D eigenvalue weighted by Crippen LogP contribution is -2.24. The van der Waals surface area contributed by atoms with Gasteiger partial charge >= 0.3 is 0 Å². The van der Waals surface area contributed by atoms with Crippen LogP contribution in [0.1, 0.15) is 11.3 Å². The van der Waals surface area contributed by atoms with E-state index in [4.69, 9.17) is 32.4 Å². The summed E-state index contributed by atoms with van der Waals surface area (Å²) < 4.78 is 11.1. The Hall–Kier alpha value is -2.76. The summed E-state index contributed by atoms with van der Waals surface area (Å²) in [6, 6.07) is 16.1. The molecule has 1 N–H and O–H groups in total. The first-order chi connectivity index (χ1) is 13.0. The zero-order valence-electron chi connectivity index (χ0n) is 14.4. The summed E-state index contributed by atoms with van der Waals surface area (Å²) in [7, 11) is 0. The molecule has 1 aromatic heterocycles. The molecular weight excluding hydrogens is 387 g/mol. The molecule has 3 rings (SSSR count). The highest BCUT2D eigenvalue weighted by atomic mass is 35.5. The van der Waals surface area contributed by atoms with Crippen LogP contribution in [0.2, 0.25) is 10.0 Å². The fourth-order valence-corrected chi connectivity index (χ4v) is 2.63. The first-order valence-electron chi connectivity index (χ1n) is 8.08. The first-order valence-corrected chi connectivity index (χ1v) is 8.84. The second-order valence-corrected chi connectivity index (χ2v) is 6.49. The Morgan fingerprint density at radius 1 is 1.15 bits per heavy atom. The molecule has 138 valence electrons. The van der Waals surface area contributed by atoms with E-state index in [9.17, 15) is 4.79 Å². The number of hydrazone groups is 1. The molecule has 3 aromatic rings. The molecule has 0 unspecified atom stereocenters. The molecule has 1 amide bonds. The number of furan rings is 1. The van der Waals surface area contributed by atoms with Gasteiger partial charge in [0.05, 0.1) is 11.2 Å². The van der Waals surface area contributed by atoms with Crippen LogP contribution in [0.4, 0.5) is 0 Å². The molecule has 0 saturated heterocycles. The lowest BCUT2D eigenvalue weighted by Gasteiger charge is -2.06. The van der Waals surface area contributed by atoms with Gasteiger partial charge in [0.25, 0.3) is 5.91 Å². The Kier molecular flexibility index (Phi) is 6.16. The van der Waals surface area contributed by atoms with Gasteiger partial charge in [0, 0.05) is 10.6 Å². The van der Waals surface area contributed by atoms with E-state index in [1.54, 1.807) is 36.4 Å². The van der Waals surface area contributed by atoms with Gasteiger partial charge in [-0.1, -0.05) is 35.3 Å². The number of benzene rings is 2. The van der Waals surface area contributed by atoms with Crippen molar-refractivity contribution in [2.45, 2.75) is 6.92 Å². The van der Waals surface area contributed by atoms with Crippen LogP contribution in [0.5, 0.6) is 5.75 Å². The third-order valence-corrected chi connectivity index (χ3v) is 4.40. The van der Waals surface area contributed by atoms with E-state index in [2.05, 4.69) is 10.5 Å². The zero-order chi connectivity index (χ0) is 19.2. The van der Waals surface area contributed by atoms with Gasteiger partial charge in [-0.05, 0) is 55.0 Å². The van der Waals surface area contributed by atoms with Gasteiger partial charge in [-0.2, -0.15) is 5.10 Å². The summed E-state index contributed by atoms with van der Waals surface area (Å²) in [6.07, 6.45) is 1.41. The van der Waals surface area contributed by atoms with Crippen LogP contribution >= 0.6 is 23.2 Å². The summed E-state index contributed by atoms with van der Waals surface area (Å²) in [6.45, 7) is 1.70. The lowest BCUT2D eigenvalue weighted by molar-refractivity contribution is -0.123. The van der Waals surface area contributed by atoms with Gasteiger partial charge in [-0.25, -0.2) is 5.43 Å². The number of carbonyl (C=O) groups is 1. The van der Waals surface area contributed by atoms with Gasteiger partial charge in [0.1, 0.15) is 17.3 Å². The van der Waals surface area contributed by atoms with Crippen LogP contribution in [0.25, 0.3) is 11.3 Å². The number of amides is 1. The molecule has 7 heteroatoms. The molecule has 0 fully saturated rings. The number of carbonyl (C=O) groups excluding carboxylic acids is 1. The molecule has 0 aliphatic heterocycles. The predicted octanol–water partition coefficient (Wildman–Crippen LogP) is 5.09. The Morgan fingerprint density at radius 3 is 2.74 bits per heavy atom. The quantitative estimate of drug-likeness (QED) is 0.461. The first kappa shape index (κ1) is 19.0. The monoisotopic (exact) mass is 402 g/mol. The molecule has 0 atom stereocenters. The number of hydrogen-bond donors (Lipinski definition) is 1. The van der Waals surface area contributed by atoms with Crippen molar-refractivity contribution >= 4 is 35.3 Å². The van der Waals surface area contributed by atoms with Gasteiger partial charge in [0.15, 0.2) is 6.61 Å². The molecule has 1 heterocycles. The molecule has 0 saturated carbocycles. The topological polar surface area (TPSA) is 63.8 Å². The predicted molar refractivity (Wildman–Crippen MR) is 107 cm³/mol. The Labute approximate surface area is 166 Å². The van der Waals surface area contributed by atoms with Crippen molar-refractivity contribution in [3.05, 3.63) is 76.0 Å². The molecule has 0 aliphatic carbocycles. The van der Waals surface area contributed by atoms with Crippen molar-refractivity contribution in [2.75, 3.05) is 6.61 Å². The summed E-state index contributed by atoms with van der Waals surface area (Å²) >= 11 is 12.1. The number of nitrogens with zero attached hydrogens (tertiary/aromatic N) is 1. The second-order valence-electron chi connectivity index (χ2n) is 5.67. The SMILES string of the molecule is Cc1cc(OCC(=O)NN=Cc2ccc(-c3ccccc3Cl)o2)ccc1Cl. The van der Waals surface area contributed by atoms with Crippen molar-refractivity contribution in [3.63, 3.8) is 0 Å². The van der Waals surface area contributed by atoms with Crippen molar-refractivity contribution in [3.8, 4) is 17.1 Å². The van der Waals surface area contributed by atoms with E-state index in [1.807, 2.05) is 25.1 Å². The minimum Gasteiger partial charge on any atom is -0.484 e. The van der Waals surface area contributed by atoms with Gasteiger partial charge < -0.3 is 9.15 Å². The number of hydrogen-bond acceptors (Lipinski definition) is 4. The van der Waals surface area contributed by atoms with Gasteiger partial charge in [-0.3, -0.25) is 4.79 Å². The third kappa shape index (κ3) is 5.12. The number of aryl methyl sites for hydroxylation is 1. The highest BCUT2D eigenvalue weighted by Gasteiger charge is 2.07. The lowest BCUT2D eigenvalue weighted by atomic mass is 10.2. The molecule has 5 nitrogen and oxygen atoms in total. The Morgan fingerprint density at radius 2 is 1.96 bits per heavy atom. The summed E-state index contributed by atoms with van der Waals surface area (Å²) in [5.74, 6) is 1.28. The average Bonchev–Trinajstić information content (AvgIpc) is 3.12. The van der Waals surface area contributed by atoms with Crippen molar-refractivity contribution in [1.82, 2.24) is 5.43 Å². The fourth-order valence-electron chi connectivity index (χ4n) is 2.28. The molecule has 0 bridgehead atoms. The van der Waals surface area contributed by atoms with Crippen molar-refractivity contribution in [1.29, 1.82) is 0 Å². The van der Waals surface area contributed by atoms with Crippen LogP contribution in [0.3, 0.4) is 0 Å². The van der Waals surface area contributed by atoms with Gasteiger partial charge in [-0.15, -0.1) is 0 Å². The maximum absolute atomic E-state index is 11.8. The fraction of sp³-hybridized carbons (Fsp3) is 0.100. The highest BCUT2D eigenvalue weighted by molar-refractivity contribution is 6.33. The van der Waals surface area contributed by atoms with Crippen molar-refractivity contribution < 1.29 is 13.9 Å². The highest BCUT2D eigenvalue weighted by Crippen LogP contribution is 2.28. The summed E-state index contributed by atoms with van der Waals surface area (Å²) in [4.78, 5) is 11.8. The van der Waals surface area contributed by atoms with E-state index in [0.717, 1.165) is 11.1 Å². The van der Waals surface area contributed by atoms with E-state index in [0.29, 0.717) is 27.3 Å². The van der Waals surface area contributed by atoms with E-state index < -0.39 is 5.91 Å². The smallest absolute Gasteiger partial charge is 0.277 e. The van der Waals surface area contributed by atoms with Crippen LogP contribution in [-0.2, 0) is 4.79 Å². The van der Waals surface area contributed by atoms with Crippen LogP contribution in [-0.4, -0.2) is 18.7 Å². The number of halogens is 2. The average molecular weight is 403 g/mol. The molecular formula is C20H16Cl2N2O3. The molecule has 27 heavy (non-hydrogen) atoms. The number of nitrogens with one attached hydrogen (secondary N) is 1. The maximum Gasteiger partial charge on any atom is 0.277 e. The van der Waals surface area contributed by atoms with Crippen LogP contribution < -0.4 is 10.2 Å². The minimum atomic E-state index is -0.392. The number of rotatable bonds is 6. The van der Waals surface area contributed by atoms with E-state index >= 15 is 0 Å². The molecule has 0 radical (unpaired) electrons. The van der Waals surface area contributed by atoms with E-state index in [-0.39, 0.29) is 6.61 Å². The molecule has 0 spiro atoms. The van der Waals surface area contributed by atoms with Crippen molar-refractivity contribution in [2.24, 2.45) is 5.10 Å². The third-order valence-electron chi connectivity index (χ3n) is 3.65. The zero-order valence-corrected chi connectivity index (χ0v) is 15.9. The van der Waals surface area contributed by atoms with E-state index in [1.165, 1.54) is 6.21 Å². The largest absolute Gasteiger partial charge is 0.484 e. The second kappa shape index (κ2) is 8.75. The normalized spacial score (nSPS) is 10.9. The Balaban J connectivity index is 1.52. The number of ether oxygens (including phenoxy) is 1. The minimum absolute atomic E-state index is 0.165. The standard InChI is InChI=1S/C20H16Cl2N2O3/c1-13-10-14(6-8-17(13)21)26-12-20(25)24-23-11-15-7-9-19(27-15)16-4-2-3-5-18(16)22/h2-11H,12H2,1H3,(H,24,25). The summed E-state index contributed by atoms with van der Waals surface area (Å²) in [5.41, 5.74) is 4.04. The maximum atomic E-state index is 11.8.